The Morgan fingerprint density at radius 1 is 0.758 bits per heavy atom. The molecule has 5 rings (SSSR count). The number of nitrogens with zero attached hydrogens (tertiary/aromatic N) is 2. The van der Waals surface area contributed by atoms with E-state index < -0.39 is 17.3 Å². The van der Waals surface area contributed by atoms with E-state index in [1.54, 1.807) is 4.90 Å². The Balaban J connectivity index is 1.36. The van der Waals surface area contributed by atoms with E-state index in [-0.39, 0.29) is 39.5 Å². The summed E-state index contributed by atoms with van der Waals surface area (Å²) in [5.74, 6) is -2.19. The average Bonchev–Trinajstić information content (AvgIpc) is 2.82. The summed E-state index contributed by atoms with van der Waals surface area (Å²) < 4.78 is 0. The molecule has 3 aromatic carbocycles. The Labute approximate surface area is 190 Å². The molecule has 0 spiro atoms. The minimum atomic E-state index is -0.635. The quantitative estimate of drug-likeness (QED) is 0.506. The lowest BCUT2D eigenvalue weighted by molar-refractivity contribution is 0.0627. The van der Waals surface area contributed by atoms with Crippen molar-refractivity contribution in [2.45, 2.75) is 6.54 Å². The van der Waals surface area contributed by atoms with Gasteiger partial charge in [0.25, 0.3) is 5.91 Å². The molecule has 0 bridgehead atoms. The van der Waals surface area contributed by atoms with Gasteiger partial charge >= 0.3 is 0 Å². The molecule has 7 heteroatoms. The van der Waals surface area contributed by atoms with Crippen LogP contribution in [0.5, 0.6) is 11.5 Å². The predicted molar refractivity (Wildman–Crippen MR) is 121 cm³/mol. The number of piperazine rings is 1. The van der Waals surface area contributed by atoms with Gasteiger partial charge in [-0.3, -0.25) is 19.3 Å². The number of carbonyl (C=O) groups is 3. The summed E-state index contributed by atoms with van der Waals surface area (Å²) in [7, 11) is 0. The van der Waals surface area contributed by atoms with Gasteiger partial charge in [-0.05, 0) is 23.8 Å². The highest BCUT2D eigenvalue weighted by atomic mass is 16.3. The van der Waals surface area contributed by atoms with Crippen molar-refractivity contribution in [1.29, 1.82) is 0 Å². The summed E-state index contributed by atoms with van der Waals surface area (Å²) in [4.78, 5) is 43.0. The molecule has 33 heavy (non-hydrogen) atoms. The van der Waals surface area contributed by atoms with Crippen LogP contribution in [0.2, 0.25) is 0 Å². The Kier molecular flexibility index (Phi) is 5.18. The van der Waals surface area contributed by atoms with Gasteiger partial charge in [-0.1, -0.05) is 42.5 Å². The minimum Gasteiger partial charge on any atom is -0.507 e. The van der Waals surface area contributed by atoms with Gasteiger partial charge in [-0.25, -0.2) is 0 Å². The molecule has 2 aliphatic rings. The van der Waals surface area contributed by atoms with Crippen LogP contribution < -0.4 is 0 Å². The molecule has 0 atom stereocenters. The monoisotopic (exact) mass is 442 g/mol. The van der Waals surface area contributed by atoms with Crippen molar-refractivity contribution in [1.82, 2.24) is 9.80 Å². The largest absolute Gasteiger partial charge is 0.507 e. The molecule has 1 aliphatic carbocycles. The van der Waals surface area contributed by atoms with Crippen LogP contribution in [-0.2, 0) is 6.54 Å². The number of amides is 1. The van der Waals surface area contributed by atoms with Crippen molar-refractivity contribution >= 4 is 17.5 Å². The van der Waals surface area contributed by atoms with E-state index in [1.807, 2.05) is 18.2 Å². The first-order valence-electron chi connectivity index (χ1n) is 10.8. The van der Waals surface area contributed by atoms with Crippen LogP contribution in [0.4, 0.5) is 0 Å². The van der Waals surface area contributed by atoms with Gasteiger partial charge in [0.2, 0.25) is 5.78 Å². The average molecular weight is 442 g/mol. The minimum absolute atomic E-state index is 0.0239. The summed E-state index contributed by atoms with van der Waals surface area (Å²) >= 11 is 0. The predicted octanol–water partition coefficient (Wildman–Crippen LogP) is 2.83. The van der Waals surface area contributed by atoms with Gasteiger partial charge in [0, 0.05) is 49.4 Å². The number of ketones is 2. The molecule has 1 saturated heterocycles. The first-order valence-corrected chi connectivity index (χ1v) is 10.8. The topological polar surface area (TPSA) is 98.1 Å². The number of hydrogen-bond acceptors (Lipinski definition) is 6. The van der Waals surface area contributed by atoms with Crippen LogP contribution in [0.1, 0.15) is 47.8 Å². The number of benzene rings is 3. The zero-order valence-corrected chi connectivity index (χ0v) is 17.8. The van der Waals surface area contributed by atoms with Crippen molar-refractivity contribution in [3.63, 3.8) is 0 Å². The molecule has 3 aromatic rings. The maximum Gasteiger partial charge on any atom is 0.254 e. The third kappa shape index (κ3) is 3.66. The molecule has 1 aliphatic heterocycles. The molecular formula is C26H22N2O5. The van der Waals surface area contributed by atoms with Crippen molar-refractivity contribution in [3.05, 3.63) is 94.0 Å². The Morgan fingerprint density at radius 3 is 2.18 bits per heavy atom. The molecular weight excluding hydrogens is 420 g/mol. The van der Waals surface area contributed by atoms with Crippen LogP contribution >= 0.6 is 0 Å². The number of phenolic OH excluding ortho intramolecular Hbond substituents is 2. The van der Waals surface area contributed by atoms with E-state index in [2.05, 4.69) is 17.0 Å². The van der Waals surface area contributed by atoms with Crippen molar-refractivity contribution in [2.24, 2.45) is 0 Å². The van der Waals surface area contributed by atoms with Crippen molar-refractivity contribution in [3.8, 4) is 11.5 Å². The molecule has 1 fully saturated rings. The summed E-state index contributed by atoms with van der Waals surface area (Å²) in [6.45, 7) is 3.27. The third-order valence-corrected chi connectivity index (χ3v) is 6.26. The number of fused-ring (bicyclic) bond motifs is 2. The lowest BCUT2D eigenvalue weighted by atomic mass is 9.82. The molecule has 2 N–H and O–H groups in total. The molecule has 0 radical (unpaired) electrons. The van der Waals surface area contributed by atoms with E-state index in [4.69, 9.17) is 0 Å². The highest BCUT2D eigenvalue weighted by molar-refractivity contribution is 6.30. The van der Waals surface area contributed by atoms with Crippen LogP contribution in [-0.4, -0.2) is 63.7 Å². The highest BCUT2D eigenvalue weighted by Gasteiger charge is 2.35. The number of phenols is 2. The van der Waals surface area contributed by atoms with Crippen molar-refractivity contribution in [2.75, 3.05) is 26.2 Å². The summed E-state index contributed by atoms with van der Waals surface area (Å²) in [6.07, 6.45) is 0. The van der Waals surface area contributed by atoms with Gasteiger partial charge in [-0.15, -0.1) is 0 Å². The van der Waals surface area contributed by atoms with Gasteiger partial charge in [-0.2, -0.15) is 0 Å². The fraction of sp³-hybridized carbons (Fsp3) is 0.192. The van der Waals surface area contributed by atoms with Crippen molar-refractivity contribution < 1.29 is 24.6 Å². The van der Waals surface area contributed by atoms with E-state index in [1.165, 1.54) is 35.9 Å². The van der Waals surface area contributed by atoms with Crippen LogP contribution in [0.3, 0.4) is 0 Å². The second-order valence-corrected chi connectivity index (χ2v) is 8.33. The van der Waals surface area contributed by atoms with E-state index in [0.717, 1.165) is 6.54 Å². The van der Waals surface area contributed by atoms with E-state index in [9.17, 15) is 24.6 Å². The standard InChI is InChI=1S/C26H22N2O5/c29-20-8-4-7-18-22(20)25(32)23-19(24(18)31)13-17(14-21(23)30)26(33)28-11-9-27(10-12-28)15-16-5-2-1-3-6-16/h1-8,13-14,29-30H,9-12,15H2. The van der Waals surface area contributed by atoms with Gasteiger partial charge in [0.1, 0.15) is 11.5 Å². The number of aromatic hydroxyl groups is 2. The Morgan fingerprint density at radius 2 is 1.45 bits per heavy atom. The lowest BCUT2D eigenvalue weighted by Crippen LogP contribution is -2.48. The molecule has 0 aromatic heterocycles. The second-order valence-electron chi connectivity index (χ2n) is 8.33. The van der Waals surface area contributed by atoms with E-state index in [0.29, 0.717) is 26.2 Å². The number of carbonyl (C=O) groups excluding carboxylic acids is 3. The van der Waals surface area contributed by atoms with Gasteiger partial charge in [0.05, 0.1) is 11.1 Å². The smallest absolute Gasteiger partial charge is 0.254 e. The zero-order chi connectivity index (χ0) is 23.1. The molecule has 0 unspecified atom stereocenters. The van der Waals surface area contributed by atoms with Gasteiger partial charge < -0.3 is 15.1 Å². The van der Waals surface area contributed by atoms with Crippen LogP contribution in [0.15, 0.2) is 60.7 Å². The van der Waals surface area contributed by atoms with Crippen LogP contribution in [0.25, 0.3) is 0 Å². The molecule has 166 valence electrons. The molecule has 7 nitrogen and oxygen atoms in total. The highest BCUT2D eigenvalue weighted by Crippen LogP contribution is 2.37. The first kappa shape index (κ1) is 20.9. The first-order chi connectivity index (χ1) is 15.9. The maximum absolute atomic E-state index is 13.2. The lowest BCUT2D eigenvalue weighted by Gasteiger charge is -2.35. The summed E-state index contributed by atoms with van der Waals surface area (Å²) in [5.41, 5.74) is 1.10. The summed E-state index contributed by atoms with van der Waals surface area (Å²) in [5, 5.41) is 20.6. The Bertz CT molecular complexity index is 1280. The molecule has 1 heterocycles. The maximum atomic E-state index is 13.2. The normalized spacial score (nSPS) is 15.8. The van der Waals surface area contributed by atoms with Crippen LogP contribution in [0, 0.1) is 0 Å². The number of hydrogen-bond donors (Lipinski definition) is 2. The zero-order valence-electron chi connectivity index (χ0n) is 17.8. The van der Waals surface area contributed by atoms with Gasteiger partial charge in [0.15, 0.2) is 5.78 Å². The SMILES string of the molecule is O=C1c2cccc(O)c2C(=O)c2c(O)cc(C(=O)N3CCN(Cc4ccccc4)CC3)cc21. The fourth-order valence-corrected chi connectivity index (χ4v) is 4.54. The fourth-order valence-electron chi connectivity index (χ4n) is 4.54. The number of rotatable bonds is 3. The molecule has 0 saturated carbocycles. The third-order valence-electron chi connectivity index (χ3n) is 6.26. The molecule has 1 amide bonds. The van der Waals surface area contributed by atoms with E-state index >= 15 is 0 Å². The summed E-state index contributed by atoms with van der Waals surface area (Å²) in [6, 6.07) is 17.0. The second kappa shape index (κ2) is 8.18. The Hall–Kier alpha value is -3.97.